The molecule has 1 aromatic carbocycles. The van der Waals surface area contributed by atoms with Gasteiger partial charge in [-0.15, -0.1) is 0 Å². The van der Waals surface area contributed by atoms with Crippen molar-refractivity contribution < 1.29 is 14.2 Å². The lowest BCUT2D eigenvalue weighted by molar-refractivity contribution is 0.0399. The van der Waals surface area contributed by atoms with Crippen molar-refractivity contribution in [2.75, 3.05) is 33.4 Å². The quantitative estimate of drug-likeness (QED) is 0.870. The minimum atomic E-state index is -0.527. The first-order chi connectivity index (χ1) is 9.65. The van der Waals surface area contributed by atoms with Crippen LogP contribution in [-0.4, -0.2) is 43.4 Å². The molecule has 20 heavy (non-hydrogen) atoms. The van der Waals surface area contributed by atoms with Crippen LogP contribution in [0.5, 0.6) is 0 Å². The van der Waals surface area contributed by atoms with E-state index in [1.165, 1.54) is 18.6 Å². The summed E-state index contributed by atoms with van der Waals surface area (Å²) in [7, 11) is 2.08. The standard InChI is InChI=1S/C16H24FNO2/c1-18(11-13-3-2-10-20-12-13)9-8-16(19)14-4-6-15(17)7-5-14/h4-7,13,16,19H,2-3,8-12H2,1H3. The molecule has 0 aliphatic carbocycles. The fourth-order valence-corrected chi connectivity index (χ4v) is 2.68. The Balaban J connectivity index is 1.71. The highest BCUT2D eigenvalue weighted by Crippen LogP contribution is 2.18. The molecule has 0 amide bonds. The zero-order valence-corrected chi connectivity index (χ0v) is 12.1. The van der Waals surface area contributed by atoms with Crippen molar-refractivity contribution in [2.24, 2.45) is 5.92 Å². The van der Waals surface area contributed by atoms with Crippen molar-refractivity contribution in [3.63, 3.8) is 0 Å². The summed E-state index contributed by atoms with van der Waals surface area (Å²) in [4.78, 5) is 2.24. The van der Waals surface area contributed by atoms with E-state index in [1.54, 1.807) is 12.1 Å². The molecular weight excluding hydrogens is 257 g/mol. The zero-order valence-electron chi connectivity index (χ0n) is 12.1. The highest BCUT2D eigenvalue weighted by Gasteiger charge is 2.16. The summed E-state index contributed by atoms with van der Waals surface area (Å²) < 4.78 is 18.3. The number of hydrogen-bond acceptors (Lipinski definition) is 3. The molecule has 1 heterocycles. The molecule has 2 rings (SSSR count). The average Bonchev–Trinajstić information content (AvgIpc) is 2.46. The second kappa shape index (κ2) is 7.72. The predicted octanol–water partition coefficient (Wildman–Crippen LogP) is 2.61. The summed E-state index contributed by atoms with van der Waals surface area (Å²) in [6, 6.07) is 6.08. The van der Waals surface area contributed by atoms with Crippen LogP contribution in [0.4, 0.5) is 4.39 Å². The van der Waals surface area contributed by atoms with Crippen LogP contribution >= 0.6 is 0 Å². The minimum absolute atomic E-state index is 0.268. The normalized spacial score (nSPS) is 21.1. The molecule has 4 heteroatoms. The predicted molar refractivity (Wildman–Crippen MR) is 77.0 cm³/mol. The third-order valence-electron chi connectivity index (χ3n) is 3.86. The summed E-state index contributed by atoms with van der Waals surface area (Å²) in [6.45, 7) is 3.58. The Bertz CT molecular complexity index is 390. The van der Waals surface area contributed by atoms with Gasteiger partial charge in [-0.1, -0.05) is 12.1 Å². The van der Waals surface area contributed by atoms with Crippen molar-refractivity contribution in [2.45, 2.75) is 25.4 Å². The molecule has 0 saturated carbocycles. The smallest absolute Gasteiger partial charge is 0.123 e. The molecule has 0 radical (unpaired) electrons. The van der Waals surface area contributed by atoms with Gasteiger partial charge in [0.25, 0.3) is 0 Å². The first-order valence-corrected chi connectivity index (χ1v) is 7.35. The summed E-state index contributed by atoms with van der Waals surface area (Å²) in [6.07, 6.45) is 2.51. The number of benzene rings is 1. The maximum Gasteiger partial charge on any atom is 0.123 e. The monoisotopic (exact) mass is 281 g/mol. The number of halogens is 1. The van der Waals surface area contributed by atoms with Crippen LogP contribution in [0.15, 0.2) is 24.3 Å². The van der Waals surface area contributed by atoms with Gasteiger partial charge in [0.15, 0.2) is 0 Å². The second-order valence-electron chi connectivity index (χ2n) is 5.70. The van der Waals surface area contributed by atoms with E-state index in [2.05, 4.69) is 11.9 Å². The first-order valence-electron chi connectivity index (χ1n) is 7.35. The Labute approximate surface area is 120 Å². The highest BCUT2D eigenvalue weighted by atomic mass is 19.1. The van der Waals surface area contributed by atoms with Crippen LogP contribution in [0.2, 0.25) is 0 Å². The van der Waals surface area contributed by atoms with Gasteiger partial charge in [-0.25, -0.2) is 4.39 Å². The molecule has 0 spiro atoms. The summed E-state index contributed by atoms with van der Waals surface area (Å²) in [5, 5.41) is 10.1. The van der Waals surface area contributed by atoms with Crippen LogP contribution in [-0.2, 0) is 4.74 Å². The maximum absolute atomic E-state index is 12.8. The molecule has 1 saturated heterocycles. The number of ether oxygens (including phenoxy) is 1. The Morgan fingerprint density at radius 3 is 2.80 bits per heavy atom. The molecule has 112 valence electrons. The Hall–Kier alpha value is -0.970. The molecular formula is C16H24FNO2. The highest BCUT2D eigenvalue weighted by molar-refractivity contribution is 5.18. The lowest BCUT2D eigenvalue weighted by Crippen LogP contribution is -2.32. The summed E-state index contributed by atoms with van der Waals surface area (Å²) in [5.74, 6) is 0.340. The fourth-order valence-electron chi connectivity index (χ4n) is 2.68. The van der Waals surface area contributed by atoms with Gasteiger partial charge in [-0.3, -0.25) is 0 Å². The topological polar surface area (TPSA) is 32.7 Å². The van der Waals surface area contributed by atoms with Gasteiger partial charge < -0.3 is 14.7 Å². The minimum Gasteiger partial charge on any atom is -0.388 e. The van der Waals surface area contributed by atoms with E-state index in [1.807, 2.05) is 0 Å². The van der Waals surface area contributed by atoms with Crippen LogP contribution in [0, 0.1) is 11.7 Å². The molecule has 1 aliphatic rings. The van der Waals surface area contributed by atoms with E-state index >= 15 is 0 Å². The van der Waals surface area contributed by atoms with Crippen molar-refractivity contribution in [3.8, 4) is 0 Å². The Morgan fingerprint density at radius 2 is 2.15 bits per heavy atom. The van der Waals surface area contributed by atoms with Crippen LogP contribution in [0.1, 0.15) is 30.9 Å². The Morgan fingerprint density at radius 1 is 1.40 bits per heavy atom. The van der Waals surface area contributed by atoms with Gasteiger partial charge in [-0.2, -0.15) is 0 Å². The van der Waals surface area contributed by atoms with Crippen LogP contribution in [0.3, 0.4) is 0 Å². The Kier molecular flexibility index (Phi) is 5.95. The van der Waals surface area contributed by atoms with E-state index in [0.29, 0.717) is 12.3 Å². The number of rotatable bonds is 6. The van der Waals surface area contributed by atoms with Gasteiger partial charge in [0, 0.05) is 19.7 Å². The van der Waals surface area contributed by atoms with Gasteiger partial charge in [0.1, 0.15) is 5.82 Å². The molecule has 0 aromatic heterocycles. The molecule has 3 nitrogen and oxygen atoms in total. The van der Waals surface area contributed by atoms with Crippen molar-refractivity contribution >= 4 is 0 Å². The lowest BCUT2D eigenvalue weighted by atomic mass is 10.0. The van der Waals surface area contributed by atoms with Gasteiger partial charge >= 0.3 is 0 Å². The van der Waals surface area contributed by atoms with E-state index < -0.39 is 6.10 Å². The van der Waals surface area contributed by atoms with Crippen LogP contribution < -0.4 is 0 Å². The number of nitrogens with zero attached hydrogens (tertiary/aromatic N) is 1. The molecule has 1 aromatic rings. The first kappa shape index (κ1) is 15.4. The third kappa shape index (κ3) is 4.85. The van der Waals surface area contributed by atoms with Gasteiger partial charge in [-0.05, 0) is 49.9 Å². The maximum atomic E-state index is 12.8. The average molecular weight is 281 g/mol. The largest absolute Gasteiger partial charge is 0.388 e. The van der Waals surface area contributed by atoms with Crippen molar-refractivity contribution in [1.29, 1.82) is 0 Å². The van der Waals surface area contributed by atoms with Crippen molar-refractivity contribution in [3.05, 3.63) is 35.6 Å². The third-order valence-corrected chi connectivity index (χ3v) is 3.86. The number of aliphatic hydroxyl groups is 1. The summed E-state index contributed by atoms with van der Waals surface area (Å²) in [5.41, 5.74) is 0.779. The van der Waals surface area contributed by atoms with E-state index in [0.717, 1.165) is 38.3 Å². The molecule has 1 N–H and O–H groups in total. The molecule has 1 fully saturated rings. The van der Waals surface area contributed by atoms with Gasteiger partial charge in [0.2, 0.25) is 0 Å². The molecule has 1 aliphatic heterocycles. The van der Waals surface area contributed by atoms with Gasteiger partial charge in [0.05, 0.1) is 12.7 Å². The molecule has 2 unspecified atom stereocenters. The van der Waals surface area contributed by atoms with E-state index in [9.17, 15) is 9.50 Å². The SMILES string of the molecule is CN(CCC(O)c1ccc(F)cc1)CC1CCCOC1. The van der Waals surface area contributed by atoms with Crippen molar-refractivity contribution in [1.82, 2.24) is 4.90 Å². The van der Waals surface area contributed by atoms with Crippen LogP contribution in [0.25, 0.3) is 0 Å². The molecule has 0 bridgehead atoms. The number of aliphatic hydroxyl groups excluding tert-OH is 1. The molecule has 2 atom stereocenters. The van der Waals surface area contributed by atoms with E-state index in [4.69, 9.17) is 4.74 Å². The van der Waals surface area contributed by atoms with E-state index in [-0.39, 0.29) is 5.82 Å². The second-order valence-corrected chi connectivity index (χ2v) is 5.70. The summed E-state index contributed by atoms with van der Waals surface area (Å²) >= 11 is 0. The zero-order chi connectivity index (χ0) is 14.4. The fraction of sp³-hybridized carbons (Fsp3) is 0.625. The lowest BCUT2D eigenvalue weighted by Gasteiger charge is -2.27. The number of hydrogen-bond donors (Lipinski definition) is 1.